The SMILES string of the molecule is Cc1ncc2n1CCC(C(=O)NC1c3ccccc3OC1C)C2. The standard InChI is InChI=1S/C18H21N3O2/c1-11-17(15-5-3-4-6-16(15)23-11)20-18(22)13-7-8-21-12(2)19-10-14(21)9-13/h3-6,10-11,13,17H,7-9H2,1-2H3,(H,20,22). The molecule has 1 aromatic carbocycles. The average Bonchev–Trinajstić information content (AvgIpc) is 3.08. The van der Waals surface area contributed by atoms with E-state index in [2.05, 4.69) is 14.9 Å². The van der Waals surface area contributed by atoms with Crippen molar-refractivity contribution >= 4 is 5.91 Å². The maximum absolute atomic E-state index is 12.7. The molecule has 120 valence electrons. The minimum Gasteiger partial charge on any atom is -0.488 e. The van der Waals surface area contributed by atoms with Crippen LogP contribution in [0.15, 0.2) is 30.5 Å². The predicted molar refractivity (Wildman–Crippen MR) is 86.2 cm³/mol. The van der Waals surface area contributed by atoms with Gasteiger partial charge in [0.25, 0.3) is 0 Å². The van der Waals surface area contributed by atoms with Crippen molar-refractivity contribution < 1.29 is 9.53 Å². The second-order valence-corrected chi connectivity index (χ2v) is 6.49. The minimum absolute atomic E-state index is 0.0126. The number of nitrogens with zero attached hydrogens (tertiary/aromatic N) is 2. The first kappa shape index (κ1) is 14.3. The maximum Gasteiger partial charge on any atom is 0.224 e. The molecule has 3 atom stereocenters. The Balaban J connectivity index is 1.49. The van der Waals surface area contributed by atoms with E-state index in [0.717, 1.165) is 42.2 Å². The largest absolute Gasteiger partial charge is 0.488 e. The summed E-state index contributed by atoms with van der Waals surface area (Å²) in [5, 5.41) is 3.20. The molecule has 23 heavy (non-hydrogen) atoms. The lowest BCUT2D eigenvalue weighted by Gasteiger charge is -2.26. The van der Waals surface area contributed by atoms with Crippen LogP contribution in [0.1, 0.15) is 36.5 Å². The first-order chi connectivity index (χ1) is 11.1. The van der Waals surface area contributed by atoms with Crippen molar-refractivity contribution in [3.63, 3.8) is 0 Å². The van der Waals surface area contributed by atoms with Gasteiger partial charge in [-0.25, -0.2) is 4.98 Å². The molecule has 2 aromatic rings. The van der Waals surface area contributed by atoms with Crippen LogP contribution in [-0.2, 0) is 17.8 Å². The molecule has 4 rings (SSSR count). The number of imidazole rings is 1. The van der Waals surface area contributed by atoms with Crippen molar-refractivity contribution in [2.24, 2.45) is 5.92 Å². The van der Waals surface area contributed by atoms with Crippen LogP contribution in [0.5, 0.6) is 5.75 Å². The Morgan fingerprint density at radius 1 is 1.39 bits per heavy atom. The lowest BCUT2D eigenvalue weighted by molar-refractivity contribution is -0.126. The van der Waals surface area contributed by atoms with Crippen LogP contribution < -0.4 is 10.1 Å². The summed E-state index contributed by atoms with van der Waals surface area (Å²) in [6, 6.07) is 7.87. The number of carbonyl (C=O) groups excluding carboxylic acids is 1. The minimum atomic E-state index is -0.0627. The van der Waals surface area contributed by atoms with Crippen molar-refractivity contribution in [3.8, 4) is 5.75 Å². The first-order valence-corrected chi connectivity index (χ1v) is 8.20. The smallest absolute Gasteiger partial charge is 0.224 e. The topological polar surface area (TPSA) is 56.2 Å². The van der Waals surface area contributed by atoms with Gasteiger partial charge in [0.05, 0.1) is 6.04 Å². The number of ether oxygens (including phenoxy) is 1. The second kappa shape index (κ2) is 5.41. The third-order valence-corrected chi connectivity index (χ3v) is 5.00. The molecule has 0 fully saturated rings. The first-order valence-electron chi connectivity index (χ1n) is 8.20. The van der Waals surface area contributed by atoms with Crippen molar-refractivity contribution in [3.05, 3.63) is 47.5 Å². The molecular weight excluding hydrogens is 290 g/mol. The van der Waals surface area contributed by atoms with Crippen LogP contribution >= 0.6 is 0 Å². The molecular formula is C18H21N3O2. The zero-order valence-electron chi connectivity index (χ0n) is 13.5. The van der Waals surface area contributed by atoms with Gasteiger partial charge in [0, 0.05) is 36.3 Å². The van der Waals surface area contributed by atoms with E-state index < -0.39 is 0 Å². The molecule has 1 aromatic heterocycles. The van der Waals surface area contributed by atoms with Gasteiger partial charge in [0.1, 0.15) is 17.7 Å². The van der Waals surface area contributed by atoms with Gasteiger partial charge in [-0.1, -0.05) is 18.2 Å². The van der Waals surface area contributed by atoms with E-state index in [1.54, 1.807) is 0 Å². The number of hydrogen-bond acceptors (Lipinski definition) is 3. The van der Waals surface area contributed by atoms with E-state index in [1.165, 1.54) is 0 Å². The van der Waals surface area contributed by atoms with Crippen molar-refractivity contribution in [1.29, 1.82) is 0 Å². The fourth-order valence-corrected chi connectivity index (χ4v) is 3.68. The molecule has 0 bridgehead atoms. The lowest BCUT2D eigenvalue weighted by Crippen LogP contribution is -2.40. The zero-order valence-corrected chi connectivity index (χ0v) is 13.5. The molecule has 1 N–H and O–H groups in total. The summed E-state index contributed by atoms with van der Waals surface area (Å²) in [6.07, 6.45) is 3.48. The third-order valence-electron chi connectivity index (χ3n) is 5.00. The number of benzene rings is 1. The number of aryl methyl sites for hydroxylation is 1. The van der Waals surface area contributed by atoms with Gasteiger partial charge >= 0.3 is 0 Å². The van der Waals surface area contributed by atoms with Crippen LogP contribution in [0.25, 0.3) is 0 Å². The number of para-hydroxylation sites is 1. The number of aromatic nitrogens is 2. The molecule has 3 heterocycles. The number of amides is 1. The highest BCUT2D eigenvalue weighted by atomic mass is 16.5. The molecule has 0 radical (unpaired) electrons. The molecule has 5 heteroatoms. The Hall–Kier alpha value is -2.30. The van der Waals surface area contributed by atoms with Crippen LogP contribution in [0.3, 0.4) is 0 Å². The van der Waals surface area contributed by atoms with Gasteiger partial charge in [-0.15, -0.1) is 0 Å². The normalized spacial score (nSPS) is 25.4. The monoisotopic (exact) mass is 311 g/mol. The van der Waals surface area contributed by atoms with E-state index in [-0.39, 0.29) is 24.0 Å². The number of hydrogen-bond donors (Lipinski definition) is 1. The number of carbonyl (C=O) groups is 1. The Kier molecular flexibility index (Phi) is 3.36. The highest BCUT2D eigenvalue weighted by molar-refractivity contribution is 5.80. The molecule has 0 saturated heterocycles. The molecule has 0 saturated carbocycles. The van der Waals surface area contributed by atoms with Crippen LogP contribution in [0.2, 0.25) is 0 Å². The Morgan fingerprint density at radius 2 is 2.22 bits per heavy atom. The van der Waals surface area contributed by atoms with Gasteiger partial charge in [0.15, 0.2) is 0 Å². The van der Waals surface area contributed by atoms with Gasteiger partial charge in [-0.3, -0.25) is 4.79 Å². The second-order valence-electron chi connectivity index (χ2n) is 6.49. The quantitative estimate of drug-likeness (QED) is 0.926. The highest BCUT2D eigenvalue weighted by Gasteiger charge is 2.34. The number of rotatable bonds is 2. The molecule has 2 aliphatic heterocycles. The van der Waals surface area contributed by atoms with E-state index in [4.69, 9.17) is 4.74 Å². The molecule has 3 unspecified atom stereocenters. The van der Waals surface area contributed by atoms with Gasteiger partial charge in [-0.2, -0.15) is 0 Å². The fourth-order valence-electron chi connectivity index (χ4n) is 3.68. The lowest BCUT2D eigenvalue weighted by atomic mass is 9.94. The highest BCUT2D eigenvalue weighted by Crippen LogP contribution is 2.36. The average molecular weight is 311 g/mol. The summed E-state index contributed by atoms with van der Waals surface area (Å²) in [6.45, 7) is 4.88. The Bertz CT molecular complexity index is 752. The zero-order chi connectivity index (χ0) is 16.0. The van der Waals surface area contributed by atoms with Crippen LogP contribution in [0, 0.1) is 12.8 Å². The van der Waals surface area contributed by atoms with Gasteiger partial charge in [-0.05, 0) is 26.3 Å². The summed E-state index contributed by atoms with van der Waals surface area (Å²) in [4.78, 5) is 17.1. The maximum atomic E-state index is 12.7. The number of nitrogens with one attached hydrogen (secondary N) is 1. The summed E-state index contributed by atoms with van der Waals surface area (Å²) in [5.41, 5.74) is 2.23. The van der Waals surface area contributed by atoms with Crippen molar-refractivity contribution in [1.82, 2.24) is 14.9 Å². The number of fused-ring (bicyclic) bond motifs is 2. The van der Waals surface area contributed by atoms with Gasteiger partial charge < -0.3 is 14.6 Å². The molecule has 0 spiro atoms. The Morgan fingerprint density at radius 3 is 3.09 bits per heavy atom. The summed E-state index contributed by atoms with van der Waals surface area (Å²) < 4.78 is 8.05. The third kappa shape index (κ3) is 2.40. The van der Waals surface area contributed by atoms with Crippen LogP contribution in [-0.4, -0.2) is 21.6 Å². The van der Waals surface area contributed by atoms with Gasteiger partial charge in [0.2, 0.25) is 5.91 Å². The van der Waals surface area contributed by atoms with E-state index in [0.29, 0.717) is 0 Å². The molecule has 1 amide bonds. The summed E-state index contributed by atoms with van der Waals surface area (Å²) in [5.74, 6) is 2.04. The molecule has 2 aliphatic rings. The predicted octanol–water partition coefficient (Wildman–Crippen LogP) is 2.39. The molecule has 0 aliphatic carbocycles. The van der Waals surface area contributed by atoms with Crippen molar-refractivity contribution in [2.45, 2.75) is 45.4 Å². The van der Waals surface area contributed by atoms with Crippen LogP contribution in [0.4, 0.5) is 0 Å². The summed E-state index contributed by atoms with van der Waals surface area (Å²) >= 11 is 0. The summed E-state index contributed by atoms with van der Waals surface area (Å²) in [7, 11) is 0. The van der Waals surface area contributed by atoms with Crippen molar-refractivity contribution in [2.75, 3.05) is 0 Å². The van der Waals surface area contributed by atoms with E-state index >= 15 is 0 Å². The Labute approximate surface area is 135 Å². The van der Waals surface area contributed by atoms with E-state index in [9.17, 15) is 4.79 Å². The fraction of sp³-hybridized carbons (Fsp3) is 0.444. The van der Waals surface area contributed by atoms with E-state index in [1.807, 2.05) is 44.3 Å². The molecule has 5 nitrogen and oxygen atoms in total.